The molecule has 0 saturated carbocycles. The fourth-order valence-corrected chi connectivity index (χ4v) is 5.67. The summed E-state index contributed by atoms with van der Waals surface area (Å²) < 4.78 is 26.8. The standard InChI is InChI=1S/C22H21ClN4O3S2/c1-16-20(31-21(25-16)18-6-9-24-10-7-18)22(28)26-11-13-27(14-12-26)32(29,30)15-8-17-2-4-19(23)5-3-17/h2-10,15H,11-14H2,1H3. The molecule has 1 fully saturated rings. The molecule has 1 aliphatic rings. The lowest BCUT2D eigenvalue weighted by atomic mass is 10.2. The molecular weight excluding hydrogens is 468 g/mol. The molecule has 3 aromatic rings. The van der Waals surface area contributed by atoms with Crippen molar-refractivity contribution in [3.8, 4) is 10.6 Å². The summed E-state index contributed by atoms with van der Waals surface area (Å²) in [7, 11) is -3.58. The first-order valence-corrected chi connectivity index (χ1v) is 12.6. The van der Waals surface area contributed by atoms with Crippen LogP contribution >= 0.6 is 22.9 Å². The topological polar surface area (TPSA) is 83.5 Å². The molecule has 1 aliphatic heterocycles. The monoisotopic (exact) mass is 488 g/mol. The first-order chi connectivity index (χ1) is 15.3. The fraction of sp³-hybridized carbons (Fsp3) is 0.227. The molecule has 0 aliphatic carbocycles. The van der Waals surface area contributed by atoms with Crippen molar-refractivity contribution in [1.82, 2.24) is 19.2 Å². The van der Waals surface area contributed by atoms with Crippen LogP contribution in [0.1, 0.15) is 20.9 Å². The van der Waals surface area contributed by atoms with Gasteiger partial charge in [0.1, 0.15) is 9.88 Å². The van der Waals surface area contributed by atoms with Crippen LogP contribution in [0.25, 0.3) is 16.6 Å². The van der Waals surface area contributed by atoms with Crippen LogP contribution in [-0.4, -0.2) is 59.7 Å². The minimum atomic E-state index is -3.58. The molecule has 0 spiro atoms. The van der Waals surface area contributed by atoms with Crippen LogP contribution in [0.4, 0.5) is 0 Å². The van der Waals surface area contributed by atoms with Gasteiger partial charge in [0, 0.05) is 54.6 Å². The Morgan fingerprint density at radius 2 is 1.72 bits per heavy atom. The second-order valence-electron chi connectivity index (χ2n) is 7.26. The summed E-state index contributed by atoms with van der Waals surface area (Å²) in [6, 6.07) is 10.6. The quantitative estimate of drug-likeness (QED) is 0.543. The van der Waals surface area contributed by atoms with Gasteiger partial charge in [0.25, 0.3) is 5.91 Å². The second-order valence-corrected chi connectivity index (χ2v) is 10.5. The zero-order chi connectivity index (χ0) is 22.7. The van der Waals surface area contributed by atoms with E-state index in [1.165, 1.54) is 21.1 Å². The first kappa shape index (κ1) is 22.6. The van der Waals surface area contributed by atoms with Crippen LogP contribution in [0.5, 0.6) is 0 Å². The summed E-state index contributed by atoms with van der Waals surface area (Å²) in [6.45, 7) is 2.96. The molecule has 1 amide bonds. The van der Waals surface area contributed by atoms with Gasteiger partial charge in [0.2, 0.25) is 10.0 Å². The van der Waals surface area contributed by atoms with E-state index in [9.17, 15) is 13.2 Å². The zero-order valence-electron chi connectivity index (χ0n) is 17.3. The molecule has 4 rings (SSSR count). The van der Waals surface area contributed by atoms with E-state index in [1.807, 2.05) is 19.1 Å². The van der Waals surface area contributed by atoms with Crippen LogP contribution in [0.15, 0.2) is 54.2 Å². The maximum atomic E-state index is 13.1. The van der Waals surface area contributed by atoms with Gasteiger partial charge in [-0.05, 0) is 42.8 Å². The predicted octanol–water partition coefficient (Wildman–Crippen LogP) is 3.93. The number of thiazole rings is 1. The Morgan fingerprint density at radius 3 is 2.38 bits per heavy atom. The maximum Gasteiger partial charge on any atom is 0.265 e. The number of aromatic nitrogens is 2. The van der Waals surface area contributed by atoms with Crippen molar-refractivity contribution in [2.45, 2.75) is 6.92 Å². The number of hydrogen-bond donors (Lipinski definition) is 0. The first-order valence-electron chi connectivity index (χ1n) is 9.94. The smallest absolute Gasteiger partial charge is 0.265 e. The molecule has 10 heteroatoms. The second kappa shape index (κ2) is 9.50. The maximum absolute atomic E-state index is 13.1. The number of benzene rings is 1. The summed E-state index contributed by atoms with van der Waals surface area (Å²) in [5.41, 5.74) is 2.33. The van der Waals surface area contributed by atoms with Crippen LogP contribution in [0.3, 0.4) is 0 Å². The predicted molar refractivity (Wildman–Crippen MR) is 127 cm³/mol. The lowest BCUT2D eigenvalue weighted by Crippen LogP contribution is -2.50. The number of nitrogens with zero attached hydrogens (tertiary/aromatic N) is 4. The summed E-state index contributed by atoms with van der Waals surface area (Å²) in [6.07, 6.45) is 4.92. The molecule has 3 heterocycles. The average molecular weight is 489 g/mol. The number of halogens is 1. The lowest BCUT2D eigenvalue weighted by Gasteiger charge is -2.33. The Bertz CT molecular complexity index is 1230. The molecule has 32 heavy (non-hydrogen) atoms. The van der Waals surface area contributed by atoms with Gasteiger partial charge in [-0.3, -0.25) is 9.78 Å². The number of pyridine rings is 1. The van der Waals surface area contributed by atoms with E-state index in [0.717, 1.165) is 16.1 Å². The zero-order valence-corrected chi connectivity index (χ0v) is 19.7. The van der Waals surface area contributed by atoms with Crippen molar-refractivity contribution in [3.63, 3.8) is 0 Å². The molecule has 0 N–H and O–H groups in total. The minimum absolute atomic E-state index is 0.117. The third-order valence-corrected chi connectivity index (χ3v) is 8.12. The van der Waals surface area contributed by atoms with Crippen LogP contribution in [0, 0.1) is 6.92 Å². The lowest BCUT2D eigenvalue weighted by molar-refractivity contribution is 0.0702. The van der Waals surface area contributed by atoms with Crippen LogP contribution in [-0.2, 0) is 10.0 Å². The molecule has 2 aromatic heterocycles. The minimum Gasteiger partial charge on any atom is -0.335 e. The third-order valence-electron chi connectivity index (χ3n) is 5.11. The van der Waals surface area contributed by atoms with Gasteiger partial charge in [-0.25, -0.2) is 13.4 Å². The van der Waals surface area contributed by atoms with Gasteiger partial charge in [-0.1, -0.05) is 23.7 Å². The molecular formula is C22H21ClN4O3S2. The van der Waals surface area contributed by atoms with E-state index in [2.05, 4.69) is 9.97 Å². The molecule has 0 radical (unpaired) electrons. The molecule has 0 atom stereocenters. The normalized spacial score (nSPS) is 15.4. The van der Waals surface area contributed by atoms with Crippen molar-refractivity contribution >= 4 is 44.9 Å². The molecule has 0 bridgehead atoms. The Hall–Kier alpha value is -2.59. The number of piperazine rings is 1. The van der Waals surface area contributed by atoms with Crippen molar-refractivity contribution < 1.29 is 13.2 Å². The summed E-state index contributed by atoms with van der Waals surface area (Å²) in [5.74, 6) is -0.117. The van der Waals surface area contributed by atoms with Crippen molar-refractivity contribution in [1.29, 1.82) is 0 Å². The highest BCUT2D eigenvalue weighted by atomic mass is 35.5. The number of hydrogen-bond acceptors (Lipinski definition) is 6. The largest absolute Gasteiger partial charge is 0.335 e. The number of amides is 1. The Kier molecular flexibility index (Phi) is 6.71. The number of rotatable bonds is 5. The van der Waals surface area contributed by atoms with E-state index >= 15 is 0 Å². The van der Waals surface area contributed by atoms with Crippen LogP contribution in [0.2, 0.25) is 5.02 Å². The van der Waals surface area contributed by atoms with Gasteiger partial charge in [0.15, 0.2) is 0 Å². The van der Waals surface area contributed by atoms with E-state index in [-0.39, 0.29) is 19.0 Å². The van der Waals surface area contributed by atoms with E-state index in [4.69, 9.17) is 11.6 Å². The number of sulfonamides is 1. The molecule has 1 saturated heterocycles. The Morgan fingerprint density at radius 1 is 1.06 bits per heavy atom. The van der Waals surface area contributed by atoms with Crippen molar-refractivity contribution in [2.24, 2.45) is 0 Å². The fourth-order valence-electron chi connectivity index (χ4n) is 3.33. The van der Waals surface area contributed by atoms with E-state index in [1.54, 1.807) is 47.6 Å². The molecule has 7 nitrogen and oxygen atoms in total. The molecule has 0 unspecified atom stereocenters. The highest BCUT2D eigenvalue weighted by Gasteiger charge is 2.29. The third kappa shape index (κ3) is 5.07. The van der Waals surface area contributed by atoms with Gasteiger partial charge in [-0.15, -0.1) is 11.3 Å². The van der Waals surface area contributed by atoms with E-state index in [0.29, 0.717) is 28.7 Å². The Balaban J connectivity index is 1.40. The van der Waals surface area contributed by atoms with Gasteiger partial charge >= 0.3 is 0 Å². The van der Waals surface area contributed by atoms with Gasteiger partial charge in [0.05, 0.1) is 5.69 Å². The molecule has 1 aromatic carbocycles. The number of aryl methyl sites for hydroxylation is 1. The molecule has 166 valence electrons. The SMILES string of the molecule is Cc1nc(-c2ccncc2)sc1C(=O)N1CCN(S(=O)(=O)C=Cc2ccc(Cl)cc2)CC1. The van der Waals surface area contributed by atoms with E-state index < -0.39 is 10.0 Å². The summed E-state index contributed by atoms with van der Waals surface area (Å²) in [5, 5.41) is 2.55. The number of carbonyl (C=O) groups is 1. The number of carbonyl (C=O) groups excluding carboxylic acids is 1. The average Bonchev–Trinajstić information content (AvgIpc) is 3.20. The summed E-state index contributed by atoms with van der Waals surface area (Å²) >= 11 is 7.21. The Labute approximate surface area is 196 Å². The van der Waals surface area contributed by atoms with Crippen LogP contribution < -0.4 is 0 Å². The van der Waals surface area contributed by atoms with Crippen molar-refractivity contribution in [2.75, 3.05) is 26.2 Å². The van der Waals surface area contributed by atoms with Crippen molar-refractivity contribution in [3.05, 3.63) is 75.4 Å². The van der Waals surface area contributed by atoms with Gasteiger partial charge < -0.3 is 4.90 Å². The highest BCUT2D eigenvalue weighted by Crippen LogP contribution is 2.28. The van der Waals surface area contributed by atoms with Gasteiger partial charge in [-0.2, -0.15) is 4.31 Å². The summed E-state index contributed by atoms with van der Waals surface area (Å²) in [4.78, 5) is 23.9. The highest BCUT2D eigenvalue weighted by molar-refractivity contribution is 7.92.